The van der Waals surface area contributed by atoms with E-state index in [4.69, 9.17) is 10.5 Å². The zero-order chi connectivity index (χ0) is 14.6. The van der Waals surface area contributed by atoms with Crippen molar-refractivity contribution in [3.05, 3.63) is 21.9 Å². The molecule has 1 heterocycles. The van der Waals surface area contributed by atoms with E-state index in [-0.39, 0.29) is 11.6 Å². The first kappa shape index (κ1) is 16.0. The lowest BCUT2D eigenvalue weighted by atomic mass is 9.74. The molecule has 0 amide bonds. The highest BCUT2D eigenvalue weighted by atomic mass is 32.1. The van der Waals surface area contributed by atoms with Gasteiger partial charge in [0.05, 0.1) is 5.60 Å². The first-order chi connectivity index (χ1) is 9.59. The fourth-order valence-corrected chi connectivity index (χ4v) is 4.55. The summed E-state index contributed by atoms with van der Waals surface area (Å²) >= 11 is 1.91. The molecule has 3 heteroatoms. The number of aryl methyl sites for hydroxylation is 1. The highest BCUT2D eigenvalue weighted by Crippen LogP contribution is 2.38. The Labute approximate surface area is 127 Å². The lowest BCUT2D eigenvalue weighted by Gasteiger charge is -2.44. The first-order valence-electron chi connectivity index (χ1n) is 8.06. The average Bonchev–Trinajstić information content (AvgIpc) is 2.86. The molecule has 0 bridgehead atoms. The molecule has 3 atom stereocenters. The van der Waals surface area contributed by atoms with Gasteiger partial charge in [0.25, 0.3) is 0 Å². The van der Waals surface area contributed by atoms with Gasteiger partial charge in [0, 0.05) is 22.4 Å². The molecular weight excluding hydrogens is 266 g/mol. The van der Waals surface area contributed by atoms with Gasteiger partial charge in [-0.2, -0.15) is 0 Å². The Morgan fingerprint density at radius 2 is 2.15 bits per heavy atom. The molecule has 0 saturated heterocycles. The highest BCUT2D eigenvalue weighted by molar-refractivity contribution is 7.11. The van der Waals surface area contributed by atoms with Crippen LogP contribution < -0.4 is 5.73 Å². The van der Waals surface area contributed by atoms with Crippen molar-refractivity contribution in [2.24, 2.45) is 11.7 Å². The van der Waals surface area contributed by atoms with Gasteiger partial charge < -0.3 is 10.5 Å². The Kier molecular flexibility index (Phi) is 5.65. The van der Waals surface area contributed by atoms with Crippen LogP contribution in [0.5, 0.6) is 0 Å². The van der Waals surface area contributed by atoms with Gasteiger partial charge in [0.2, 0.25) is 0 Å². The predicted octanol–water partition coefficient (Wildman–Crippen LogP) is 4.17. The van der Waals surface area contributed by atoms with Crippen molar-refractivity contribution in [3.63, 3.8) is 0 Å². The Morgan fingerprint density at radius 3 is 2.75 bits per heavy atom. The van der Waals surface area contributed by atoms with Crippen molar-refractivity contribution >= 4 is 11.3 Å². The minimum atomic E-state index is -0.0945. The average molecular weight is 295 g/mol. The van der Waals surface area contributed by atoms with Crippen LogP contribution in [0.2, 0.25) is 0 Å². The molecular formula is C17H29NOS. The number of hydrogen-bond acceptors (Lipinski definition) is 3. The van der Waals surface area contributed by atoms with Crippen LogP contribution in [0.3, 0.4) is 0 Å². The summed E-state index contributed by atoms with van der Waals surface area (Å²) in [5.41, 5.74) is 6.50. The molecule has 114 valence electrons. The second kappa shape index (κ2) is 7.06. The summed E-state index contributed by atoms with van der Waals surface area (Å²) < 4.78 is 6.19. The molecule has 0 aromatic carbocycles. The van der Waals surface area contributed by atoms with Gasteiger partial charge in [-0.25, -0.2) is 0 Å². The summed E-state index contributed by atoms with van der Waals surface area (Å²) in [5.74, 6) is 0.732. The van der Waals surface area contributed by atoms with Crippen molar-refractivity contribution in [1.29, 1.82) is 0 Å². The summed E-state index contributed by atoms with van der Waals surface area (Å²) in [6.07, 6.45) is 6.89. The number of rotatable bonds is 6. The molecule has 2 rings (SSSR count). The van der Waals surface area contributed by atoms with E-state index < -0.39 is 0 Å². The third kappa shape index (κ3) is 3.63. The molecule has 3 unspecified atom stereocenters. The van der Waals surface area contributed by atoms with Crippen molar-refractivity contribution in [1.82, 2.24) is 0 Å². The second-order valence-corrected chi connectivity index (χ2v) is 7.48. The highest BCUT2D eigenvalue weighted by Gasteiger charge is 2.41. The fraction of sp³-hybridized carbons (Fsp3) is 0.765. The molecule has 1 fully saturated rings. The van der Waals surface area contributed by atoms with E-state index in [9.17, 15) is 0 Å². The molecule has 0 radical (unpaired) electrons. The summed E-state index contributed by atoms with van der Waals surface area (Å²) in [6, 6.07) is 4.60. The maximum absolute atomic E-state index is 6.60. The van der Waals surface area contributed by atoms with E-state index in [1.807, 2.05) is 11.3 Å². The van der Waals surface area contributed by atoms with Crippen LogP contribution in [0.1, 0.15) is 56.2 Å². The number of ether oxygens (including phenoxy) is 1. The lowest BCUT2D eigenvalue weighted by Crippen LogP contribution is -2.53. The van der Waals surface area contributed by atoms with E-state index >= 15 is 0 Å². The predicted molar refractivity (Wildman–Crippen MR) is 87.4 cm³/mol. The van der Waals surface area contributed by atoms with Gasteiger partial charge in [-0.3, -0.25) is 0 Å². The van der Waals surface area contributed by atoms with E-state index in [1.54, 1.807) is 0 Å². The molecule has 1 aliphatic rings. The molecule has 0 spiro atoms. The minimum absolute atomic E-state index is 0.0945. The third-order valence-electron chi connectivity index (χ3n) is 4.59. The molecule has 1 saturated carbocycles. The Hall–Kier alpha value is -0.380. The summed E-state index contributed by atoms with van der Waals surface area (Å²) in [6.45, 7) is 7.40. The maximum Gasteiger partial charge on any atom is 0.0838 e. The molecule has 20 heavy (non-hydrogen) atoms. The van der Waals surface area contributed by atoms with E-state index in [0.29, 0.717) is 0 Å². The topological polar surface area (TPSA) is 35.2 Å². The molecule has 1 aromatic rings. The smallest absolute Gasteiger partial charge is 0.0838 e. The van der Waals surface area contributed by atoms with Crippen LogP contribution in [0.15, 0.2) is 12.1 Å². The van der Waals surface area contributed by atoms with Gasteiger partial charge >= 0.3 is 0 Å². The van der Waals surface area contributed by atoms with Gasteiger partial charge in [0.1, 0.15) is 0 Å². The van der Waals surface area contributed by atoms with Crippen LogP contribution in [0.25, 0.3) is 0 Å². The molecule has 2 nitrogen and oxygen atoms in total. The first-order valence-corrected chi connectivity index (χ1v) is 8.88. The third-order valence-corrected chi connectivity index (χ3v) is 5.84. The van der Waals surface area contributed by atoms with Crippen LogP contribution >= 0.6 is 11.3 Å². The fourth-order valence-electron chi connectivity index (χ4n) is 3.53. The van der Waals surface area contributed by atoms with Gasteiger partial charge in [-0.1, -0.05) is 26.7 Å². The normalized spacial score (nSPS) is 28.5. The zero-order valence-electron chi connectivity index (χ0n) is 13.2. The Balaban J connectivity index is 2.07. The zero-order valence-corrected chi connectivity index (χ0v) is 14.0. The summed E-state index contributed by atoms with van der Waals surface area (Å²) in [4.78, 5) is 2.86. The number of hydrogen-bond donors (Lipinski definition) is 1. The van der Waals surface area contributed by atoms with Crippen molar-refractivity contribution in [2.75, 3.05) is 6.61 Å². The van der Waals surface area contributed by atoms with Gasteiger partial charge in [0.15, 0.2) is 0 Å². The molecule has 1 aromatic heterocycles. The van der Waals surface area contributed by atoms with E-state index in [0.717, 1.165) is 38.2 Å². The largest absolute Gasteiger partial charge is 0.374 e. The van der Waals surface area contributed by atoms with Crippen LogP contribution in [-0.4, -0.2) is 18.2 Å². The van der Waals surface area contributed by atoms with E-state index in [2.05, 4.69) is 32.9 Å². The summed E-state index contributed by atoms with van der Waals surface area (Å²) in [5, 5.41) is 0. The van der Waals surface area contributed by atoms with Crippen LogP contribution in [-0.2, 0) is 17.6 Å². The summed E-state index contributed by atoms with van der Waals surface area (Å²) in [7, 11) is 0. The van der Waals surface area contributed by atoms with Crippen molar-refractivity contribution in [3.8, 4) is 0 Å². The Bertz CT molecular complexity index is 413. The molecule has 1 aliphatic carbocycles. The van der Waals surface area contributed by atoms with Crippen LogP contribution in [0.4, 0.5) is 0 Å². The second-order valence-electron chi connectivity index (χ2n) is 6.23. The maximum atomic E-state index is 6.60. The standard InChI is InChI=1S/C17H29NOS/c1-4-14-8-9-15(20-14)11-16(18)17(19-5-2)10-6-7-13(3)12-17/h8-9,13,16H,4-7,10-12,18H2,1-3H3. The Morgan fingerprint density at radius 1 is 1.40 bits per heavy atom. The van der Waals surface area contributed by atoms with Crippen LogP contribution in [0, 0.1) is 5.92 Å². The van der Waals surface area contributed by atoms with Gasteiger partial charge in [-0.15, -0.1) is 11.3 Å². The quantitative estimate of drug-likeness (QED) is 0.855. The SMILES string of the molecule is CCOC1(C(N)Cc2ccc(CC)s2)CCCC(C)C1. The van der Waals surface area contributed by atoms with Crippen molar-refractivity contribution < 1.29 is 4.74 Å². The lowest BCUT2D eigenvalue weighted by molar-refractivity contribution is -0.0923. The molecule has 0 aliphatic heterocycles. The monoisotopic (exact) mass is 295 g/mol. The molecule has 2 N–H and O–H groups in total. The minimum Gasteiger partial charge on any atom is -0.374 e. The number of thiophene rings is 1. The van der Waals surface area contributed by atoms with Crippen molar-refractivity contribution in [2.45, 2.75) is 70.9 Å². The van der Waals surface area contributed by atoms with Gasteiger partial charge in [-0.05, 0) is 50.7 Å². The number of nitrogens with two attached hydrogens (primary N) is 1. The van der Waals surface area contributed by atoms with E-state index in [1.165, 1.54) is 22.6 Å².